The fourth-order valence-corrected chi connectivity index (χ4v) is 0. The Labute approximate surface area is 72.3 Å². The second-order valence-electron chi connectivity index (χ2n) is 1.18. The largest absolute Gasteiger partial charge is 0.481 e. The van der Waals surface area contributed by atoms with Gasteiger partial charge in [0.05, 0.1) is 5.75 Å². The van der Waals surface area contributed by atoms with E-state index >= 15 is 0 Å². The number of carboxylic acid groups (broad SMARTS) is 1. The smallest absolute Gasteiger partial charge is 0.313 e. The first kappa shape index (κ1) is 17.0. The zero-order valence-corrected chi connectivity index (χ0v) is 7.71. The summed E-state index contributed by atoms with van der Waals surface area (Å²) < 4.78 is 0. The molecule has 0 bridgehead atoms. The summed E-state index contributed by atoms with van der Waals surface area (Å²) in [7, 11) is 0. The number of hydrogen-bond acceptors (Lipinski definition) is 4. The summed E-state index contributed by atoms with van der Waals surface area (Å²) in [6.45, 7) is 3.86. The molecule has 0 atom stereocenters. The third kappa shape index (κ3) is 193. The number of rotatable bonds is 1. The molecule has 0 amide bonds. The van der Waals surface area contributed by atoms with Gasteiger partial charge in [-0.05, 0) is 13.8 Å². The van der Waals surface area contributed by atoms with Crippen LogP contribution in [0.5, 0.6) is 0 Å². The van der Waals surface area contributed by atoms with Crippen LogP contribution in [0.3, 0.4) is 0 Å². The first-order valence-electron chi connectivity index (χ1n) is 3.14. The van der Waals surface area contributed by atoms with Gasteiger partial charge in [0.1, 0.15) is 0 Å². The van der Waals surface area contributed by atoms with Crippen LogP contribution in [0.2, 0.25) is 0 Å². The van der Waals surface area contributed by atoms with Gasteiger partial charge in [-0.15, -0.1) is 0 Å². The van der Waals surface area contributed by atoms with Crippen LogP contribution in [0.1, 0.15) is 13.8 Å². The lowest BCUT2D eigenvalue weighted by molar-refractivity contribution is -0.133. The van der Waals surface area contributed by atoms with Gasteiger partial charge >= 0.3 is 5.97 Å². The van der Waals surface area contributed by atoms with E-state index in [0.29, 0.717) is 0 Å². The Hall–Kier alpha value is -0.260. The van der Waals surface area contributed by atoms with Gasteiger partial charge in [0.2, 0.25) is 0 Å². The topological polar surface area (TPSA) is 77.8 Å². The molecule has 0 unspecified atom stereocenters. The number of carbonyl (C=O) groups is 1. The first-order chi connectivity index (χ1) is 5.10. The standard InChI is InChI=1S/C2H4O2S.2C2H6O/c3-2(4)1-5;2*1-2-3/h5H,1H2,(H,3,4);2*3H,2H2,1H3. The maximum absolute atomic E-state index is 9.29. The number of carboxylic acids is 1. The lowest BCUT2D eigenvalue weighted by atomic mass is 10.8. The van der Waals surface area contributed by atoms with E-state index in [9.17, 15) is 4.79 Å². The number of aliphatic carboxylic acids is 1. The Morgan fingerprint density at radius 1 is 1.27 bits per heavy atom. The predicted molar refractivity (Wildman–Crippen MR) is 47.0 cm³/mol. The van der Waals surface area contributed by atoms with Crippen molar-refractivity contribution in [2.45, 2.75) is 13.8 Å². The maximum Gasteiger partial charge on any atom is 0.313 e. The molecule has 0 radical (unpaired) electrons. The molecular formula is C6H16O4S. The summed E-state index contributed by atoms with van der Waals surface area (Å²) in [5.41, 5.74) is 0. The van der Waals surface area contributed by atoms with Crippen molar-refractivity contribution in [1.82, 2.24) is 0 Å². The van der Waals surface area contributed by atoms with Crippen LogP contribution in [-0.4, -0.2) is 40.3 Å². The van der Waals surface area contributed by atoms with E-state index in [1.165, 1.54) is 0 Å². The molecule has 0 heterocycles. The molecule has 0 saturated heterocycles. The second-order valence-corrected chi connectivity index (χ2v) is 1.50. The summed E-state index contributed by atoms with van der Waals surface area (Å²) >= 11 is 3.42. The van der Waals surface area contributed by atoms with E-state index in [4.69, 9.17) is 15.3 Å². The first-order valence-corrected chi connectivity index (χ1v) is 3.78. The molecule has 0 aromatic carbocycles. The number of thiol groups is 1. The molecule has 0 aliphatic rings. The lowest BCUT2D eigenvalue weighted by Gasteiger charge is -1.71. The van der Waals surface area contributed by atoms with Gasteiger partial charge in [-0.2, -0.15) is 12.6 Å². The molecule has 0 aliphatic heterocycles. The summed E-state index contributed by atoms with van der Waals surface area (Å²) in [6, 6.07) is 0. The summed E-state index contributed by atoms with van der Waals surface area (Å²) in [6.07, 6.45) is 0. The van der Waals surface area contributed by atoms with Crippen molar-refractivity contribution in [3.63, 3.8) is 0 Å². The van der Waals surface area contributed by atoms with Crippen molar-refractivity contribution >= 4 is 18.6 Å². The van der Waals surface area contributed by atoms with Crippen molar-refractivity contribution in [3.8, 4) is 0 Å². The Morgan fingerprint density at radius 3 is 1.36 bits per heavy atom. The Bertz CT molecular complexity index is 65.6. The third-order valence-electron chi connectivity index (χ3n) is 0.135. The van der Waals surface area contributed by atoms with Crippen molar-refractivity contribution in [3.05, 3.63) is 0 Å². The number of aliphatic hydroxyl groups is 2. The predicted octanol–water partition coefficient (Wildman–Crippen LogP) is -0.00200. The van der Waals surface area contributed by atoms with Crippen molar-refractivity contribution in [2.75, 3.05) is 19.0 Å². The fourth-order valence-electron chi connectivity index (χ4n) is 0. The van der Waals surface area contributed by atoms with E-state index in [0.717, 1.165) is 0 Å². The molecule has 5 heteroatoms. The summed E-state index contributed by atoms with van der Waals surface area (Å²) in [5.74, 6) is -0.965. The van der Waals surface area contributed by atoms with Gasteiger partial charge in [-0.1, -0.05) is 0 Å². The normalized spacial score (nSPS) is 6.64. The molecule has 70 valence electrons. The third-order valence-corrected chi connectivity index (χ3v) is 0.406. The van der Waals surface area contributed by atoms with Gasteiger partial charge in [-0.25, -0.2) is 0 Å². The van der Waals surface area contributed by atoms with Crippen LogP contribution in [0.4, 0.5) is 0 Å². The summed E-state index contributed by atoms with van der Waals surface area (Å²) in [5, 5.41) is 22.8. The van der Waals surface area contributed by atoms with E-state index in [-0.39, 0.29) is 19.0 Å². The highest BCUT2D eigenvalue weighted by Gasteiger charge is 1.81. The zero-order chi connectivity index (χ0) is 9.70. The molecule has 0 fully saturated rings. The summed E-state index contributed by atoms with van der Waals surface area (Å²) in [4.78, 5) is 9.29. The molecular weight excluding hydrogens is 168 g/mol. The van der Waals surface area contributed by atoms with Crippen LogP contribution in [0, 0.1) is 0 Å². The van der Waals surface area contributed by atoms with Crippen LogP contribution in [0.25, 0.3) is 0 Å². The SMILES string of the molecule is CCO.CCO.O=C(O)CS. The highest BCUT2D eigenvalue weighted by molar-refractivity contribution is 7.81. The quantitative estimate of drug-likeness (QED) is 0.432. The van der Waals surface area contributed by atoms with Crippen LogP contribution < -0.4 is 0 Å². The van der Waals surface area contributed by atoms with Gasteiger partial charge in [0.25, 0.3) is 0 Å². The molecule has 0 spiro atoms. The average Bonchev–Trinajstić information content (AvgIpc) is 1.91. The molecule has 0 saturated carbocycles. The Morgan fingerprint density at radius 2 is 1.36 bits per heavy atom. The molecule has 0 rings (SSSR count). The molecule has 0 aromatic heterocycles. The van der Waals surface area contributed by atoms with Crippen molar-refractivity contribution in [1.29, 1.82) is 0 Å². The van der Waals surface area contributed by atoms with E-state index in [1.807, 2.05) is 0 Å². The minimum Gasteiger partial charge on any atom is -0.481 e. The van der Waals surface area contributed by atoms with Crippen LogP contribution >= 0.6 is 12.6 Å². The Kier molecular flexibility index (Phi) is 34.9. The van der Waals surface area contributed by atoms with Gasteiger partial charge in [0.15, 0.2) is 0 Å². The minimum absolute atomic E-state index is 0.0833. The highest BCUT2D eigenvalue weighted by atomic mass is 32.1. The molecule has 3 N–H and O–H groups in total. The van der Waals surface area contributed by atoms with E-state index < -0.39 is 5.97 Å². The second kappa shape index (κ2) is 22.6. The molecule has 4 nitrogen and oxygen atoms in total. The van der Waals surface area contributed by atoms with Gasteiger partial charge < -0.3 is 15.3 Å². The minimum atomic E-state index is -0.881. The number of hydrogen-bond donors (Lipinski definition) is 4. The molecule has 0 aliphatic carbocycles. The van der Waals surface area contributed by atoms with E-state index in [2.05, 4.69) is 12.6 Å². The molecule has 11 heavy (non-hydrogen) atoms. The number of aliphatic hydroxyl groups excluding tert-OH is 2. The van der Waals surface area contributed by atoms with Crippen molar-refractivity contribution in [2.24, 2.45) is 0 Å². The zero-order valence-electron chi connectivity index (χ0n) is 6.82. The monoisotopic (exact) mass is 184 g/mol. The average molecular weight is 184 g/mol. The van der Waals surface area contributed by atoms with Gasteiger partial charge in [0, 0.05) is 13.2 Å². The van der Waals surface area contributed by atoms with Crippen LogP contribution in [0.15, 0.2) is 0 Å². The van der Waals surface area contributed by atoms with Gasteiger partial charge in [-0.3, -0.25) is 4.79 Å². The highest BCUT2D eigenvalue weighted by Crippen LogP contribution is 1.66. The Balaban J connectivity index is -0.0000000933. The van der Waals surface area contributed by atoms with Crippen LogP contribution in [-0.2, 0) is 4.79 Å². The van der Waals surface area contributed by atoms with Crippen molar-refractivity contribution < 1.29 is 20.1 Å². The molecule has 0 aromatic rings. The maximum atomic E-state index is 9.29. The lowest BCUT2D eigenvalue weighted by Crippen LogP contribution is -1.92. The fraction of sp³-hybridized carbons (Fsp3) is 0.833. The van der Waals surface area contributed by atoms with E-state index in [1.54, 1.807) is 13.8 Å².